The Hall–Kier alpha value is -2.42. The minimum absolute atomic E-state index is 0.0118. The Morgan fingerprint density at radius 2 is 1.97 bits per heavy atom. The molecule has 2 N–H and O–H groups in total. The molecular formula is C22H29F2N3O3S. The lowest BCUT2D eigenvalue weighted by molar-refractivity contribution is -0.121. The molecule has 0 aliphatic rings. The van der Waals surface area contributed by atoms with E-state index in [1.54, 1.807) is 10.8 Å². The number of carbonyl (C=O) groups is 2. The lowest BCUT2D eigenvalue weighted by Crippen LogP contribution is -2.32. The standard InChI is InChI=1S/C22H29F2N3O3S/c1-4-5-6-18-25-10-15(11-26-21(28)17(31)9-13(2)3)27(18)12-14-7-8-16(22(29)30)20(24)19(14)23/h7-8,10,13,17,31H,4-6,9,11-12H2,1-3H3,(H,26,28)(H,29,30). The quantitative estimate of drug-likeness (QED) is 0.445. The Kier molecular flexibility index (Phi) is 9.03. The maximum atomic E-state index is 14.5. The number of hydrogen-bond acceptors (Lipinski definition) is 4. The highest BCUT2D eigenvalue weighted by Crippen LogP contribution is 2.20. The van der Waals surface area contributed by atoms with Crippen LogP contribution in [-0.2, 0) is 24.3 Å². The first-order valence-electron chi connectivity index (χ1n) is 10.3. The summed E-state index contributed by atoms with van der Waals surface area (Å²) in [7, 11) is 0. The molecule has 0 aliphatic carbocycles. The Labute approximate surface area is 186 Å². The van der Waals surface area contributed by atoms with Gasteiger partial charge in [-0.15, -0.1) is 0 Å². The minimum atomic E-state index is -1.53. The number of thiol groups is 1. The van der Waals surface area contributed by atoms with Crippen LogP contribution >= 0.6 is 12.6 Å². The van der Waals surface area contributed by atoms with Gasteiger partial charge in [0.05, 0.1) is 35.8 Å². The molecular weight excluding hydrogens is 424 g/mol. The highest BCUT2D eigenvalue weighted by Gasteiger charge is 2.21. The number of carboxylic acid groups (broad SMARTS) is 1. The number of hydrogen-bond donors (Lipinski definition) is 3. The first-order valence-corrected chi connectivity index (χ1v) is 10.9. The van der Waals surface area contributed by atoms with Crippen LogP contribution in [0, 0.1) is 17.6 Å². The van der Waals surface area contributed by atoms with Gasteiger partial charge in [0.2, 0.25) is 5.91 Å². The van der Waals surface area contributed by atoms with Crippen molar-refractivity contribution in [1.29, 1.82) is 0 Å². The van der Waals surface area contributed by atoms with Crippen LogP contribution in [0.1, 0.15) is 67.5 Å². The van der Waals surface area contributed by atoms with E-state index in [2.05, 4.69) is 22.9 Å². The van der Waals surface area contributed by atoms with Crippen LogP contribution in [-0.4, -0.2) is 31.8 Å². The molecule has 31 heavy (non-hydrogen) atoms. The number of nitrogens with one attached hydrogen (secondary N) is 1. The van der Waals surface area contributed by atoms with Crippen LogP contribution in [0.2, 0.25) is 0 Å². The predicted octanol–water partition coefficient (Wildman–Crippen LogP) is 4.21. The second-order valence-corrected chi connectivity index (χ2v) is 8.55. The minimum Gasteiger partial charge on any atom is -0.478 e. The predicted molar refractivity (Wildman–Crippen MR) is 117 cm³/mol. The van der Waals surface area contributed by atoms with Crippen LogP contribution < -0.4 is 5.32 Å². The summed E-state index contributed by atoms with van der Waals surface area (Å²) >= 11 is 4.35. The maximum Gasteiger partial charge on any atom is 0.338 e. The van der Waals surface area contributed by atoms with Gasteiger partial charge >= 0.3 is 5.97 Å². The number of aromatic carboxylic acids is 1. The summed E-state index contributed by atoms with van der Waals surface area (Å²) in [5, 5.41) is 11.4. The van der Waals surface area contributed by atoms with Gasteiger partial charge in [-0.25, -0.2) is 18.6 Å². The molecule has 0 saturated heterocycles. The third-order valence-electron chi connectivity index (χ3n) is 4.94. The zero-order valence-electron chi connectivity index (χ0n) is 18.0. The molecule has 2 aromatic rings. The van der Waals surface area contributed by atoms with E-state index in [4.69, 9.17) is 5.11 Å². The number of nitrogens with zero attached hydrogens (tertiary/aromatic N) is 2. The SMILES string of the molecule is CCCCc1ncc(CNC(=O)C(S)CC(C)C)n1Cc1ccc(C(=O)O)c(F)c1F. The van der Waals surface area contributed by atoms with Crippen molar-refractivity contribution in [3.63, 3.8) is 0 Å². The average Bonchev–Trinajstić information content (AvgIpc) is 3.08. The maximum absolute atomic E-state index is 14.5. The molecule has 1 amide bonds. The molecule has 1 unspecified atom stereocenters. The number of unbranched alkanes of at least 4 members (excludes halogenated alkanes) is 1. The smallest absolute Gasteiger partial charge is 0.338 e. The normalized spacial score (nSPS) is 12.2. The zero-order chi connectivity index (χ0) is 23.1. The Morgan fingerprint density at radius 1 is 1.26 bits per heavy atom. The molecule has 0 spiro atoms. The highest BCUT2D eigenvalue weighted by molar-refractivity contribution is 7.81. The largest absolute Gasteiger partial charge is 0.478 e. The van der Waals surface area contributed by atoms with E-state index >= 15 is 0 Å². The van der Waals surface area contributed by atoms with Crippen molar-refractivity contribution in [1.82, 2.24) is 14.9 Å². The van der Waals surface area contributed by atoms with E-state index < -0.39 is 28.4 Å². The lowest BCUT2D eigenvalue weighted by Gasteiger charge is -2.16. The summed E-state index contributed by atoms with van der Waals surface area (Å²) in [6.45, 7) is 6.20. The van der Waals surface area contributed by atoms with E-state index in [9.17, 15) is 18.4 Å². The van der Waals surface area contributed by atoms with Gasteiger partial charge in [-0.05, 0) is 24.8 Å². The number of aryl methyl sites for hydroxylation is 1. The number of imidazole rings is 1. The number of amides is 1. The topological polar surface area (TPSA) is 84.2 Å². The van der Waals surface area contributed by atoms with Gasteiger partial charge in [0.1, 0.15) is 5.82 Å². The molecule has 0 radical (unpaired) electrons. The molecule has 0 aliphatic heterocycles. The van der Waals surface area contributed by atoms with Crippen LogP contribution in [0.4, 0.5) is 8.78 Å². The van der Waals surface area contributed by atoms with Crippen molar-refractivity contribution >= 4 is 24.5 Å². The number of benzene rings is 1. The number of halogens is 2. The van der Waals surface area contributed by atoms with Gasteiger partial charge in [0, 0.05) is 12.0 Å². The molecule has 1 aromatic heterocycles. The molecule has 9 heteroatoms. The van der Waals surface area contributed by atoms with Gasteiger partial charge < -0.3 is 15.0 Å². The molecule has 6 nitrogen and oxygen atoms in total. The number of rotatable bonds is 11. The van der Waals surface area contributed by atoms with E-state index in [0.717, 1.165) is 18.9 Å². The van der Waals surface area contributed by atoms with Crippen molar-refractivity contribution in [2.24, 2.45) is 5.92 Å². The van der Waals surface area contributed by atoms with Crippen molar-refractivity contribution in [3.8, 4) is 0 Å². The Balaban J connectivity index is 2.27. The van der Waals surface area contributed by atoms with Crippen molar-refractivity contribution < 1.29 is 23.5 Å². The van der Waals surface area contributed by atoms with Gasteiger partial charge in [0.25, 0.3) is 0 Å². The van der Waals surface area contributed by atoms with Crippen molar-refractivity contribution in [3.05, 3.63) is 52.6 Å². The van der Waals surface area contributed by atoms with Gasteiger partial charge in [0.15, 0.2) is 11.6 Å². The monoisotopic (exact) mass is 453 g/mol. The summed E-state index contributed by atoms with van der Waals surface area (Å²) in [6, 6.07) is 2.32. The van der Waals surface area contributed by atoms with Gasteiger partial charge in [-0.2, -0.15) is 12.6 Å². The van der Waals surface area contributed by atoms with Crippen LogP contribution in [0.15, 0.2) is 18.3 Å². The summed E-state index contributed by atoms with van der Waals surface area (Å²) in [6.07, 6.45) is 4.69. The molecule has 1 heterocycles. The second-order valence-electron chi connectivity index (χ2n) is 7.92. The fraction of sp³-hybridized carbons (Fsp3) is 0.500. The molecule has 1 atom stereocenters. The van der Waals surface area contributed by atoms with E-state index in [0.29, 0.717) is 30.3 Å². The summed E-state index contributed by atoms with van der Waals surface area (Å²) < 4.78 is 30.4. The summed E-state index contributed by atoms with van der Waals surface area (Å²) in [5.41, 5.74) is -0.0556. The lowest BCUT2D eigenvalue weighted by atomic mass is 10.1. The number of carbonyl (C=O) groups excluding carboxylic acids is 1. The fourth-order valence-electron chi connectivity index (χ4n) is 3.22. The summed E-state index contributed by atoms with van der Waals surface area (Å²) in [5.74, 6) is -3.30. The van der Waals surface area contributed by atoms with E-state index in [1.807, 2.05) is 20.8 Å². The molecule has 170 valence electrons. The van der Waals surface area contributed by atoms with Gasteiger partial charge in [-0.3, -0.25) is 4.79 Å². The molecule has 2 rings (SSSR count). The third kappa shape index (κ3) is 6.53. The van der Waals surface area contributed by atoms with Crippen LogP contribution in [0.3, 0.4) is 0 Å². The van der Waals surface area contributed by atoms with Crippen LogP contribution in [0.25, 0.3) is 0 Å². The van der Waals surface area contributed by atoms with Crippen LogP contribution in [0.5, 0.6) is 0 Å². The fourth-order valence-corrected chi connectivity index (χ4v) is 3.73. The number of carboxylic acids is 1. The highest BCUT2D eigenvalue weighted by atomic mass is 32.1. The van der Waals surface area contributed by atoms with E-state index in [1.165, 1.54) is 6.07 Å². The van der Waals surface area contributed by atoms with E-state index in [-0.39, 0.29) is 24.6 Å². The Bertz CT molecular complexity index is 931. The number of aromatic nitrogens is 2. The molecule has 1 aromatic carbocycles. The Morgan fingerprint density at radius 3 is 2.58 bits per heavy atom. The second kappa shape index (κ2) is 11.3. The third-order valence-corrected chi connectivity index (χ3v) is 5.38. The molecule has 0 saturated carbocycles. The average molecular weight is 454 g/mol. The van der Waals surface area contributed by atoms with Crippen molar-refractivity contribution in [2.45, 2.75) is 64.8 Å². The molecule has 0 fully saturated rings. The zero-order valence-corrected chi connectivity index (χ0v) is 18.9. The van der Waals surface area contributed by atoms with Gasteiger partial charge in [-0.1, -0.05) is 33.3 Å². The van der Waals surface area contributed by atoms with Crippen molar-refractivity contribution in [2.75, 3.05) is 0 Å². The first kappa shape index (κ1) is 24.8. The molecule has 0 bridgehead atoms. The summed E-state index contributed by atoms with van der Waals surface area (Å²) in [4.78, 5) is 27.8. The first-order chi connectivity index (χ1) is 14.6.